The fourth-order valence-electron chi connectivity index (χ4n) is 4.82. The lowest BCUT2D eigenvalue weighted by Crippen LogP contribution is -2.37. The zero-order valence-corrected chi connectivity index (χ0v) is 19.0. The van der Waals surface area contributed by atoms with Crippen molar-refractivity contribution in [2.45, 2.75) is 58.2 Å². The highest BCUT2D eigenvalue weighted by molar-refractivity contribution is 5.80. The molecule has 9 heteroatoms. The SMILES string of the molecule is COc1ccc2cc(CN(CCO)C(c3nnnn3C3CCCC3)C(C)C)c(=O)[nH]c2c1. The number of H-pyrrole nitrogens is 1. The monoisotopic (exact) mass is 440 g/mol. The summed E-state index contributed by atoms with van der Waals surface area (Å²) in [5.74, 6) is 1.69. The van der Waals surface area contributed by atoms with Gasteiger partial charge in [0.25, 0.3) is 5.56 Å². The van der Waals surface area contributed by atoms with Gasteiger partial charge in [0.15, 0.2) is 5.82 Å². The van der Waals surface area contributed by atoms with Crippen LogP contribution in [0.3, 0.4) is 0 Å². The summed E-state index contributed by atoms with van der Waals surface area (Å²) in [5.41, 5.74) is 1.23. The van der Waals surface area contributed by atoms with Crippen LogP contribution in [-0.4, -0.2) is 55.5 Å². The number of hydrogen-bond donors (Lipinski definition) is 2. The minimum Gasteiger partial charge on any atom is -0.497 e. The molecule has 0 aliphatic heterocycles. The molecule has 0 amide bonds. The fraction of sp³-hybridized carbons (Fsp3) is 0.565. The molecule has 1 aliphatic carbocycles. The number of methoxy groups -OCH3 is 1. The number of fused-ring (bicyclic) bond motifs is 1. The molecule has 0 bridgehead atoms. The number of benzene rings is 1. The van der Waals surface area contributed by atoms with Crippen LogP contribution in [0.15, 0.2) is 29.1 Å². The molecule has 2 aromatic heterocycles. The molecule has 1 saturated carbocycles. The maximum absolute atomic E-state index is 12.9. The molecule has 32 heavy (non-hydrogen) atoms. The first-order valence-electron chi connectivity index (χ1n) is 11.3. The van der Waals surface area contributed by atoms with Crippen molar-refractivity contribution in [2.24, 2.45) is 5.92 Å². The number of ether oxygens (including phenoxy) is 1. The molecule has 2 N–H and O–H groups in total. The van der Waals surface area contributed by atoms with Crippen molar-refractivity contribution < 1.29 is 9.84 Å². The minimum absolute atomic E-state index is 0.0170. The van der Waals surface area contributed by atoms with E-state index in [0.29, 0.717) is 30.4 Å². The summed E-state index contributed by atoms with van der Waals surface area (Å²) in [7, 11) is 1.60. The van der Waals surface area contributed by atoms with Crippen molar-refractivity contribution in [2.75, 3.05) is 20.3 Å². The molecular weight excluding hydrogens is 408 g/mol. The Morgan fingerprint density at radius 3 is 2.75 bits per heavy atom. The summed E-state index contributed by atoms with van der Waals surface area (Å²) in [6, 6.07) is 7.74. The van der Waals surface area contributed by atoms with E-state index in [1.807, 2.05) is 28.9 Å². The van der Waals surface area contributed by atoms with E-state index in [1.54, 1.807) is 7.11 Å². The van der Waals surface area contributed by atoms with Crippen LogP contribution in [0.4, 0.5) is 0 Å². The van der Waals surface area contributed by atoms with Crippen LogP contribution in [0.2, 0.25) is 0 Å². The first kappa shape index (κ1) is 22.4. The van der Waals surface area contributed by atoms with Crippen LogP contribution in [0.25, 0.3) is 10.9 Å². The number of rotatable bonds is 9. The molecule has 1 fully saturated rings. The van der Waals surface area contributed by atoms with Gasteiger partial charge in [-0.3, -0.25) is 9.69 Å². The van der Waals surface area contributed by atoms with E-state index in [9.17, 15) is 9.90 Å². The maximum atomic E-state index is 12.9. The van der Waals surface area contributed by atoms with Crippen molar-refractivity contribution in [3.63, 3.8) is 0 Å². The van der Waals surface area contributed by atoms with Crippen molar-refractivity contribution in [1.29, 1.82) is 0 Å². The lowest BCUT2D eigenvalue weighted by Gasteiger charge is -2.33. The Kier molecular flexibility index (Phi) is 6.86. The van der Waals surface area contributed by atoms with Gasteiger partial charge in [-0.25, -0.2) is 4.68 Å². The summed E-state index contributed by atoms with van der Waals surface area (Å²) in [6.45, 7) is 5.04. The van der Waals surface area contributed by atoms with Gasteiger partial charge < -0.3 is 14.8 Å². The normalized spacial score (nSPS) is 15.8. The molecule has 0 spiro atoms. The number of aromatic nitrogens is 5. The topological polar surface area (TPSA) is 109 Å². The summed E-state index contributed by atoms with van der Waals surface area (Å²) in [5, 5.41) is 23.5. The van der Waals surface area contributed by atoms with Crippen LogP contribution in [0.5, 0.6) is 5.75 Å². The van der Waals surface area contributed by atoms with E-state index in [4.69, 9.17) is 4.74 Å². The molecule has 2 heterocycles. The number of pyridine rings is 1. The summed E-state index contributed by atoms with van der Waals surface area (Å²) in [6.07, 6.45) is 4.54. The lowest BCUT2D eigenvalue weighted by molar-refractivity contribution is 0.104. The number of aliphatic hydroxyl groups excluding tert-OH is 1. The second-order valence-corrected chi connectivity index (χ2v) is 8.88. The van der Waals surface area contributed by atoms with Gasteiger partial charge in [-0.05, 0) is 52.8 Å². The van der Waals surface area contributed by atoms with Gasteiger partial charge in [0.05, 0.1) is 31.3 Å². The quantitative estimate of drug-likeness (QED) is 0.526. The van der Waals surface area contributed by atoms with Crippen molar-refractivity contribution in [3.05, 3.63) is 46.0 Å². The average molecular weight is 441 g/mol. The summed E-state index contributed by atoms with van der Waals surface area (Å²) in [4.78, 5) is 18.0. The summed E-state index contributed by atoms with van der Waals surface area (Å²) >= 11 is 0. The number of tetrazole rings is 1. The van der Waals surface area contributed by atoms with Crippen LogP contribution in [0.1, 0.15) is 63.0 Å². The first-order chi connectivity index (χ1) is 15.5. The van der Waals surface area contributed by atoms with Crippen molar-refractivity contribution >= 4 is 10.9 Å². The Morgan fingerprint density at radius 1 is 1.28 bits per heavy atom. The third kappa shape index (κ3) is 4.54. The third-order valence-electron chi connectivity index (χ3n) is 6.37. The van der Waals surface area contributed by atoms with E-state index >= 15 is 0 Å². The van der Waals surface area contributed by atoms with E-state index < -0.39 is 0 Å². The Labute approximate surface area is 187 Å². The number of aliphatic hydroxyl groups is 1. The predicted molar refractivity (Wildman–Crippen MR) is 122 cm³/mol. The van der Waals surface area contributed by atoms with Crippen LogP contribution in [-0.2, 0) is 6.54 Å². The van der Waals surface area contributed by atoms with Gasteiger partial charge in [0, 0.05) is 24.7 Å². The molecule has 172 valence electrons. The standard InChI is InChI=1S/C23H32N6O3/c1-15(2)21(22-25-26-27-29(22)18-6-4-5-7-18)28(10-11-30)14-17-12-16-8-9-19(32-3)13-20(16)24-23(17)31/h8-9,12-13,15,18,21,30H,4-7,10-11,14H2,1-3H3,(H,24,31). The van der Waals surface area contributed by atoms with Gasteiger partial charge in [0.1, 0.15) is 5.75 Å². The van der Waals surface area contributed by atoms with Gasteiger partial charge in [-0.15, -0.1) is 5.10 Å². The van der Waals surface area contributed by atoms with Crippen molar-refractivity contribution in [3.8, 4) is 5.75 Å². The first-order valence-corrected chi connectivity index (χ1v) is 11.3. The number of nitrogens with one attached hydrogen (secondary N) is 1. The molecule has 3 aromatic rings. The third-order valence-corrected chi connectivity index (χ3v) is 6.37. The molecule has 1 unspecified atom stereocenters. The Hall–Kier alpha value is -2.78. The van der Waals surface area contributed by atoms with Gasteiger partial charge >= 0.3 is 0 Å². The molecule has 0 saturated heterocycles. The largest absolute Gasteiger partial charge is 0.497 e. The Bertz CT molecular complexity index is 1100. The second kappa shape index (κ2) is 9.79. The highest BCUT2D eigenvalue weighted by Gasteiger charge is 2.32. The highest BCUT2D eigenvalue weighted by atomic mass is 16.5. The smallest absolute Gasteiger partial charge is 0.252 e. The number of aromatic amines is 1. The van der Waals surface area contributed by atoms with Crippen LogP contribution in [0, 0.1) is 5.92 Å². The summed E-state index contributed by atoms with van der Waals surface area (Å²) < 4.78 is 7.23. The minimum atomic E-state index is -0.147. The van der Waals surface area contributed by atoms with Gasteiger partial charge in [0.2, 0.25) is 0 Å². The van der Waals surface area contributed by atoms with E-state index in [1.165, 1.54) is 12.8 Å². The molecule has 1 aromatic carbocycles. The van der Waals surface area contributed by atoms with E-state index in [0.717, 1.165) is 29.6 Å². The zero-order valence-electron chi connectivity index (χ0n) is 19.0. The Balaban J connectivity index is 1.68. The highest BCUT2D eigenvalue weighted by Crippen LogP contribution is 2.34. The molecule has 4 rings (SSSR count). The number of nitrogens with zero attached hydrogens (tertiary/aromatic N) is 5. The fourth-order valence-corrected chi connectivity index (χ4v) is 4.82. The molecule has 9 nitrogen and oxygen atoms in total. The zero-order chi connectivity index (χ0) is 22.7. The molecule has 0 radical (unpaired) electrons. The lowest BCUT2D eigenvalue weighted by atomic mass is 10.00. The predicted octanol–water partition coefficient (Wildman–Crippen LogP) is 2.83. The maximum Gasteiger partial charge on any atom is 0.252 e. The van der Waals surface area contributed by atoms with E-state index in [2.05, 4.69) is 39.3 Å². The van der Waals surface area contributed by atoms with Gasteiger partial charge in [-0.2, -0.15) is 0 Å². The average Bonchev–Trinajstić information content (AvgIpc) is 3.46. The van der Waals surface area contributed by atoms with Crippen molar-refractivity contribution in [1.82, 2.24) is 30.1 Å². The van der Waals surface area contributed by atoms with Crippen LogP contribution < -0.4 is 10.3 Å². The molecular formula is C23H32N6O3. The molecule has 1 aliphatic rings. The Morgan fingerprint density at radius 2 is 2.06 bits per heavy atom. The van der Waals surface area contributed by atoms with Crippen LogP contribution >= 0.6 is 0 Å². The second-order valence-electron chi connectivity index (χ2n) is 8.88. The number of hydrogen-bond acceptors (Lipinski definition) is 7. The van der Waals surface area contributed by atoms with Gasteiger partial charge in [-0.1, -0.05) is 26.7 Å². The van der Waals surface area contributed by atoms with E-state index in [-0.39, 0.29) is 24.1 Å². The molecule has 1 atom stereocenters.